The van der Waals surface area contributed by atoms with Crippen molar-refractivity contribution in [3.63, 3.8) is 0 Å². The number of rotatable bonds is 6. The minimum absolute atomic E-state index is 0.0262. The van der Waals surface area contributed by atoms with Gasteiger partial charge in [0.05, 0.1) is 25.7 Å². The Morgan fingerprint density at radius 1 is 1.40 bits per heavy atom. The molecule has 0 radical (unpaired) electrons. The largest absolute Gasteiger partial charge is 0.469 e. The summed E-state index contributed by atoms with van der Waals surface area (Å²) < 4.78 is 23.0. The van der Waals surface area contributed by atoms with Gasteiger partial charge in [-0.2, -0.15) is 0 Å². The molecule has 1 rings (SSSR count). The Kier molecular flexibility index (Phi) is 6.30. The quantitative estimate of drug-likeness (QED) is 0.493. The summed E-state index contributed by atoms with van der Waals surface area (Å²) in [5.74, 6) is -1.17. The van der Waals surface area contributed by atoms with E-state index in [1.54, 1.807) is 6.92 Å². The third-order valence-electron chi connectivity index (χ3n) is 2.39. The minimum atomic E-state index is -0.597. The number of anilines is 1. The van der Waals surface area contributed by atoms with Crippen molar-refractivity contribution in [1.29, 1.82) is 0 Å². The fraction of sp³-hybridized carbons (Fsp3) is 0.385. The van der Waals surface area contributed by atoms with Crippen LogP contribution in [-0.4, -0.2) is 31.4 Å². The number of halogens is 1. The van der Waals surface area contributed by atoms with Crippen LogP contribution in [0, 0.1) is 5.82 Å². The number of benzene rings is 1. The zero-order valence-corrected chi connectivity index (χ0v) is 12.1. The van der Waals surface area contributed by atoms with Gasteiger partial charge < -0.3 is 15.2 Å². The number of ether oxygens (including phenoxy) is 2. The Bertz CT molecular complexity index is 507. The average Bonchev–Trinajstić information content (AvgIpc) is 2.41. The molecule has 110 valence electrons. The molecule has 0 spiro atoms. The first-order valence-corrected chi connectivity index (χ1v) is 6.93. The number of carbonyl (C=O) groups excluding carboxylic acids is 2. The SMILES string of the molecule is CCOC(=O)c1cc(SCCC(=O)OC)c(F)cc1N. The molecule has 0 bridgehead atoms. The highest BCUT2D eigenvalue weighted by atomic mass is 32.2. The fourth-order valence-electron chi connectivity index (χ4n) is 1.41. The third kappa shape index (κ3) is 4.41. The summed E-state index contributed by atoms with van der Waals surface area (Å²) in [5, 5.41) is 0. The summed E-state index contributed by atoms with van der Waals surface area (Å²) in [6.45, 7) is 1.88. The third-order valence-corrected chi connectivity index (χ3v) is 3.42. The molecule has 7 heteroatoms. The number of nitrogen functional groups attached to an aromatic ring is 1. The molecule has 0 unspecified atom stereocenters. The minimum Gasteiger partial charge on any atom is -0.469 e. The molecule has 0 heterocycles. The zero-order chi connectivity index (χ0) is 15.1. The maximum absolute atomic E-state index is 13.7. The summed E-state index contributed by atoms with van der Waals surface area (Å²) >= 11 is 1.11. The van der Waals surface area contributed by atoms with Crippen LogP contribution in [0.5, 0.6) is 0 Å². The van der Waals surface area contributed by atoms with Crippen LogP contribution < -0.4 is 5.73 Å². The Morgan fingerprint density at radius 3 is 2.70 bits per heavy atom. The molecule has 0 aromatic heterocycles. The van der Waals surface area contributed by atoms with E-state index < -0.39 is 11.8 Å². The van der Waals surface area contributed by atoms with Gasteiger partial charge in [0.1, 0.15) is 5.82 Å². The van der Waals surface area contributed by atoms with E-state index in [9.17, 15) is 14.0 Å². The summed E-state index contributed by atoms with van der Waals surface area (Å²) in [4.78, 5) is 22.9. The van der Waals surface area contributed by atoms with Crippen molar-refractivity contribution in [2.24, 2.45) is 0 Å². The van der Waals surface area contributed by atoms with Crippen LogP contribution in [0.4, 0.5) is 10.1 Å². The Morgan fingerprint density at radius 2 is 2.10 bits per heavy atom. The summed E-state index contributed by atoms with van der Waals surface area (Å²) in [5.41, 5.74) is 5.74. The molecule has 0 aliphatic heterocycles. The van der Waals surface area contributed by atoms with Crippen LogP contribution in [0.2, 0.25) is 0 Å². The first-order valence-electron chi connectivity index (χ1n) is 5.95. The second kappa shape index (κ2) is 7.74. The van der Waals surface area contributed by atoms with Crippen LogP contribution in [0.3, 0.4) is 0 Å². The van der Waals surface area contributed by atoms with Gasteiger partial charge >= 0.3 is 11.9 Å². The molecule has 20 heavy (non-hydrogen) atoms. The van der Waals surface area contributed by atoms with Gasteiger partial charge in [0.15, 0.2) is 0 Å². The van der Waals surface area contributed by atoms with Gasteiger partial charge in [0.2, 0.25) is 0 Å². The van der Waals surface area contributed by atoms with Crippen molar-refractivity contribution in [3.8, 4) is 0 Å². The maximum Gasteiger partial charge on any atom is 0.340 e. The second-order valence-corrected chi connectivity index (χ2v) is 4.90. The lowest BCUT2D eigenvalue weighted by molar-refractivity contribution is -0.140. The van der Waals surface area contributed by atoms with Gasteiger partial charge in [-0.25, -0.2) is 9.18 Å². The number of carbonyl (C=O) groups is 2. The van der Waals surface area contributed by atoms with E-state index in [1.807, 2.05) is 0 Å². The molecule has 0 saturated heterocycles. The van der Waals surface area contributed by atoms with E-state index in [2.05, 4.69) is 4.74 Å². The number of esters is 2. The lowest BCUT2D eigenvalue weighted by Crippen LogP contribution is -2.09. The van der Waals surface area contributed by atoms with Gasteiger partial charge in [-0.3, -0.25) is 4.79 Å². The maximum atomic E-state index is 13.7. The highest BCUT2D eigenvalue weighted by Gasteiger charge is 2.15. The van der Waals surface area contributed by atoms with Crippen molar-refractivity contribution in [1.82, 2.24) is 0 Å². The number of hydrogen-bond donors (Lipinski definition) is 1. The van der Waals surface area contributed by atoms with E-state index in [4.69, 9.17) is 10.5 Å². The first-order chi connectivity index (χ1) is 9.49. The summed E-state index contributed by atoms with van der Waals surface area (Å²) in [7, 11) is 1.29. The van der Waals surface area contributed by atoms with Gasteiger partial charge in [-0.1, -0.05) is 0 Å². The molecular weight excluding hydrogens is 285 g/mol. The molecule has 0 fully saturated rings. The van der Waals surface area contributed by atoms with Crippen molar-refractivity contribution >= 4 is 29.4 Å². The van der Waals surface area contributed by atoms with Crippen LogP contribution in [0.25, 0.3) is 0 Å². The lowest BCUT2D eigenvalue weighted by atomic mass is 10.2. The second-order valence-electron chi connectivity index (χ2n) is 3.76. The van der Waals surface area contributed by atoms with E-state index in [-0.39, 0.29) is 35.1 Å². The van der Waals surface area contributed by atoms with Crippen molar-refractivity contribution in [2.45, 2.75) is 18.2 Å². The van der Waals surface area contributed by atoms with Crippen molar-refractivity contribution in [2.75, 3.05) is 25.2 Å². The highest BCUT2D eigenvalue weighted by Crippen LogP contribution is 2.27. The molecule has 0 saturated carbocycles. The molecule has 1 aromatic carbocycles. The molecule has 0 amide bonds. The fourth-order valence-corrected chi connectivity index (χ4v) is 2.30. The molecule has 1 aromatic rings. The zero-order valence-electron chi connectivity index (χ0n) is 11.3. The van der Waals surface area contributed by atoms with E-state index in [0.717, 1.165) is 17.8 Å². The van der Waals surface area contributed by atoms with Crippen LogP contribution in [0.15, 0.2) is 17.0 Å². The van der Waals surface area contributed by atoms with E-state index in [1.165, 1.54) is 13.2 Å². The van der Waals surface area contributed by atoms with Crippen LogP contribution in [-0.2, 0) is 14.3 Å². The molecule has 0 aliphatic carbocycles. The predicted molar refractivity (Wildman–Crippen MR) is 74.1 cm³/mol. The highest BCUT2D eigenvalue weighted by molar-refractivity contribution is 7.99. The monoisotopic (exact) mass is 301 g/mol. The average molecular weight is 301 g/mol. The van der Waals surface area contributed by atoms with Crippen LogP contribution >= 0.6 is 11.8 Å². The summed E-state index contributed by atoms with van der Waals surface area (Å²) in [6.07, 6.45) is 0.153. The molecule has 5 nitrogen and oxygen atoms in total. The molecule has 0 aliphatic rings. The van der Waals surface area contributed by atoms with Gasteiger partial charge in [0, 0.05) is 16.3 Å². The topological polar surface area (TPSA) is 78.6 Å². The van der Waals surface area contributed by atoms with E-state index >= 15 is 0 Å². The predicted octanol–water partition coefficient (Wildman–Crippen LogP) is 2.24. The van der Waals surface area contributed by atoms with Gasteiger partial charge in [0.25, 0.3) is 0 Å². The number of thioether (sulfide) groups is 1. The molecule has 2 N–H and O–H groups in total. The Hall–Kier alpha value is -1.76. The Balaban J connectivity index is 2.83. The lowest BCUT2D eigenvalue weighted by Gasteiger charge is -2.09. The summed E-state index contributed by atoms with van der Waals surface area (Å²) in [6, 6.07) is 2.41. The number of hydrogen-bond acceptors (Lipinski definition) is 6. The number of nitrogens with two attached hydrogens (primary N) is 1. The van der Waals surface area contributed by atoms with Crippen LogP contribution in [0.1, 0.15) is 23.7 Å². The smallest absolute Gasteiger partial charge is 0.340 e. The van der Waals surface area contributed by atoms with Gasteiger partial charge in [-0.05, 0) is 19.1 Å². The number of methoxy groups -OCH3 is 1. The van der Waals surface area contributed by atoms with Gasteiger partial charge in [-0.15, -0.1) is 11.8 Å². The Labute approximate surface area is 120 Å². The van der Waals surface area contributed by atoms with Crippen molar-refractivity contribution < 1.29 is 23.5 Å². The van der Waals surface area contributed by atoms with E-state index in [0.29, 0.717) is 5.75 Å². The normalized spacial score (nSPS) is 10.2. The molecular formula is C13H16FNO4S. The standard InChI is InChI=1S/C13H16FNO4S/c1-3-19-13(17)8-6-11(9(14)7-10(8)15)20-5-4-12(16)18-2/h6-7H,3-5,15H2,1-2H3. The first kappa shape index (κ1) is 16.3. The molecule has 0 atom stereocenters. The van der Waals surface area contributed by atoms with Crippen molar-refractivity contribution in [3.05, 3.63) is 23.5 Å².